The Morgan fingerprint density at radius 2 is 1.88 bits per heavy atom. The molecule has 4 nitrogen and oxygen atoms in total. The van der Waals surface area contributed by atoms with E-state index in [0.29, 0.717) is 21.6 Å². The molecule has 0 unspecified atom stereocenters. The zero-order valence-electron chi connectivity index (χ0n) is 15.1. The number of halogens is 2. The predicted molar refractivity (Wildman–Crippen MR) is 110 cm³/mol. The summed E-state index contributed by atoms with van der Waals surface area (Å²) in [5, 5.41) is 12.1. The van der Waals surface area contributed by atoms with Crippen LogP contribution in [0.15, 0.2) is 34.8 Å². The van der Waals surface area contributed by atoms with Crippen molar-refractivity contribution in [2.45, 2.75) is 20.4 Å². The summed E-state index contributed by atoms with van der Waals surface area (Å²) in [5.41, 5.74) is 4.00. The third kappa shape index (κ3) is 3.15. The van der Waals surface area contributed by atoms with E-state index < -0.39 is 0 Å². The Kier molecular flexibility index (Phi) is 5.15. The largest absolute Gasteiger partial charge is 0.506 e. The minimum absolute atomic E-state index is 0.0260. The standard InChI is InChI=1S/C20H20BrClN2O2/c1-11-18(12(2)25)19-15(10-23(3)4)20(26)16(21)9-17(19)24(11)14-7-5-13(22)6-8-14/h5-9,26H,10H2,1-4H3. The molecule has 1 aromatic heterocycles. The normalized spacial score (nSPS) is 11.5. The highest BCUT2D eigenvalue weighted by Crippen LogP contribution is 2.41. The number of aromatic nitrogens is 1. The van der Waals surface area contributed by atoms with Gasteiger partial charge in [-0.3, -0.25) is 4.79 Å². The average Bonchev–Trinajstić information content (AvgIpc) is 2.84. The van der Waals surface area contributed by atoms with Crippen LogP contribution in [0, 0.1) is 6.92 Å². The molecule has 2 aromatic carbocycles. The quantitative estimate of drug-likeness (QED) is 0.564. The van der Waals surface area contributed by atoms with E-state index in [1.165, 1.54) is 0 Å². The summed E-state index contributed by atoms with van der Waals surface area (Å²) in [6.45, 7) is 4.01. The van der Waals surface area contributed by atoms with Gasteiger partial charge < -0.3 is 14.6 Å². The lowest BCUT2D eigenvalue weighted by Crippen LogP contribution is -2.12. The Labute approximate surface area is 166 Å². The van der Waals surface area contributed by atoms with Gasteiger partial charge in [0.05, 0.1) is 9.99 Å². The third-order valence-electron chi connectivity index (χ3n) is 4.43. The molecule has 6 heteroatoms. The smallest absolute Gasteiger partial charge is 0.162 e. The summed E-state index contributed by atoms with van der Waals surface area (Å²) in [5.74, 6) is 0.142. The third-order valence-corrected chi connectivity index (χ3v) is 5.29. The fourth-order valence-electron chi connectivity index (χ4n) is 3.43. The van der Waals surface area contributed by atoms with E-state index in [0.717, 1.165) is 27.8 Å². The molecule has 0 aliphatic heterocycles. The number of Topliss-reactive ketones (excluding diaryl/α,β-unsaturated/α-hetero) is 1. The van der Waals surface area contributed by atoms with Crippen molar-refractivity contribution in [1.82, 2.24) is 9.47 Å². The molecule has 0 saturated heterocycles. The molecule has 1 N–H and O–H groups in total. The summed E-state index contributed by atoms with van der Waals surface area (Å²) in [6.07, 6.45) is 0. The number of carbonyl (C=O) groups is 1. The van der Waals surface area contributed by atoms with Gasteiger partial charge in [-0.1, -0.05) is 11.6 Å². The van der Waals surface area contributed by atoms with Gasteiger partial charge in [-0.2, -0.15) is 0 Å². The summed E-state index contributed by atoms with van der Waals surface area (Å²) < 4.78 is 2.64. The summed E-state index contributed by atoms with van der Waals surface area (Å²) >= 11 is 9.49. The van der Waals surface area contributed by atoms with E-state index >= 15 is 0 Å². The second-order valence-corrected chi connectivity index (χ2v) is 7.94. The first-order valence-electron chi connectivity index (χ1n) is 8.19. The molecule has 136 valence electrons. The van der Waals surface area contributed by atoms with Crippen LogP contribution in [0.2, 0.25) is 5.02 Å². The van der Waals surface area contributed by atoms with Gasteiger partial charge in [0, 0.05) is 39.5 Å². The van der Waals surface area contributed by atoms with Crippen molar-refractivity contribution >= 4 is 44.2 Å². The monoisotopic (exact) mass is 434 g/mol. The SMILES string of the molecule is CC(=O)c1c(C)n(-c2ccc(Cl)cc2)c2cc(Br)c(O)c(CN(C)C)c12. The number of aromatic hydroxyl groups is 1. The summed E-state index contributed by atoms with van der Waals surface area (Å²) in [4.78, 5) is 14.4. The van der Waals surface area contributed by atoms with Crippen molar-refractivity contribution in [2.24, 2.45) is 0 Å². The number of nitrogens with zero attached hydrogens (tertiary/aromatic N) is 2. The van der Waals surface area contributed by atoms with Gasteiger partial charge in [0.25, 0.3) is 0 Å². The highest BCUT2D eigenvalue weighted by Gasteiger charge is 2.24. The molecule has 0 atom stereocenters. The van der Waals surface area contributed by atoms with Crippen LogP contribution in [-0.4, -0.2) is 34.5 Å². The molecular weight excluding hydrogens is 416 g/mol. The molecule has 0 aliphatic rings. The summed E-state index contributed by atoms with van der Waals surface area (Å²) in [7, 11) is 3.87. The highest BCUT2D eigenvalue weighted by atomic mass is 79.9. The molecule has 0 fully saturated rings. The van der Waals surface area contributed by atoms with Crippen LogP contribution in [0.25, 0.3) is 16.6 Å². The molecule has 0 radical (unpaired) electrons. The second kappa shape index (κ2) is 7.06. The fraction of sp³-hybridized carbons (Fsp3) is 0.250. The summed E-state index contributed by atoms with van der Waals surface area (Å²) in [6, 6.07) is 9.35. The molecule has 26 heavy (non-hydrogen) atoms. The van der Waals surface area contributed by atoms with E-state index in [4.69, 9.17) is 11.6 Å². The van der Waals surface area contributed by atoms with Crippen LogP contribution >= 0.6 is 27.5 Å². The van der Waals surface area contributed by atoms with Gasteiger partial charge in [0.15, 0.2) is 5.78 Å². The lowest BCUT2D eigenvalue weighted by atomic mass is 10.0. The Morgan fingerprint density at radius 3 is 2.42 bits per heavy atom. The average molecular weight is 436 g/mol. The van der Waals surface area contributed by atoms with Crippen molar-refractivity contribution in [1.29, 1.82) is 0 Å². The molecular formula is C20H20BrClN2O2. The Balaban J connectivity index is 2.47. The van der Waals surface area contributed by atoms with Crippen LogP contribution in [0.1, 0.15) is 28.5 Å². The minimum atomic E-state index is -0.0260. The molecule has 0 saturated carbocycles. The van der Waals surface area contributed by atoms with Gasteiger partial charge in [0.2, 0.25) is 0 Å². The second-order valence-electron chi connectivity index (χ2n) is 6.65. The first-order valence-corrected chi connectivity index (χ1v) is 9.36. The number of phenols is 1. The number of hydrogen-bond donors (Lipinski definition) is 1. The topological polar surface area (TPSA) is 45.5 Å². The first-order chi connectivity index (χ1) is 12.2. The number of rotatable bonds is 4. The lowest BCUT2D eigenvalue weighted by molar-refractivity contribution is 0.101. The maximum absolute atomic E-state index is 12.5. The number of benzene rings is 2. The van der Waals surface area contributed by atoms with Gasteiger partial charge >= 0.3 is 0 Å². The van der Waals surface area contributed by atoms with Crippen molar-refractivity contribution in [2.75, 3.05) is 14.1 Å². The number of hydrogen-bond acceptors (Lipinski definition) is 3. The highest BCUT2D eigenvalue weighted by molar-refractivity contribution is 9.10. The molecule has 0 amide bonds. The van der Waals surface area contributed by atoms with Crippen LogP contribution in [0.3, 0.4) is 0 Å². The molecule has 0 spiro atoms. The first kappa shape index (κ1) is 19.0. The van der Waals surface area contributed by atoms with Gasteiger partial charge in [-0.15, -0.1) is 0 Å². The predicted octanol–water partition coefficient (Wildman–Crippen LogP) is 5.32. The van der Waals surface area contributed by atoms with E-state index in [1.807, 2.05) is 60.8 Å². The van der Waals surface area contributed by atoms with Gasteiger partial charge in [-0.05, 0) is 74.2 Å². The van der Waals surface area contributed by atoms with Crippen LogP contribution < -0.4 is 0 Å². The van der Waals surface area contributed by atoms with Crippen molar-refractivity contribution in [3.8, 4) is 11.4 Å². The van der Waals surface area contributed by atoms with Crippen molar-refractivity contribution < 1.29 is 9.90 Å². The van der Waals surface area contributed by atoms with E-state index in [1.54, 1.807) is 6.92 Å². The van der Waals surface area contributed by atoms with E-state index in [2.05, 4.69) is 15.9 Å². The van der Waals surface area contributed by atoms with Crippen LogP contribution in [0.5, 0.6) is 5.75 Å². The molecule has 0 bridgehead atoms. The zero-order valence-corrected chi connectivity index (χ0v) is 17.4. The lowest BCUT2D eigenvalue weighted by Gasteiger charge is -2.15. The molecule has 1 heterocycles. The molecule has 0 aliphatic carbocycles. The van der Waals surface area contributed by atoms with E-state index in [9.17, 15) is 9.90 Å². The maximum atomic E-state index is 12.5. The van der Waals surface area contributed by atoms with Crippen molar-refractivity contribution in [3.63, 3.8) is 0 Å². The number of fused-ring (bicyclic) bond motifs is 1. The van der Waals surface area contributed by atoms with Crippen LogP contribution in [0.4, 0.5) is 0 Å². The fourth-order valence-corrected chi connectivity index (χ4v) is 4.01. The minimum Gasteiger partial charge on any atom is -0.506 e. The van der Waals surface area contributed by atoms with E-state index in [-0.39, 0.29) is 11.5 Å². The zero-order chi connectivity index (χ0) is 19.2. The number of ketones is 1. The van der Waals surface area contributed by atoms with Gasteiger partial charge in [0.1, 0.15) is 5.75 Å². The maximum Gasteiger partial charge on any atom is 0.162 e. The van der Waals surface area contributed by atoms with Crippen LogP contribution in [-0.2, 0) is 6.54 Å². The Bertz CT molecular complexity index is 1010. The number of phenolic OH excluding ortho intramolecular Hbond substituents is 1. The Morgan fingerprint density at radius 1 is 1.27 bits per heavy atom. The number of carbonyl (C=O) groups excluding carboxylic acids is 1. The van der Waals surface area contributed by atoms with Gasteiger partial charge in [-0.25, -0.2) is 0 Å². The van der Waals surface area contributed by atoms with Crippen molar-refractivity contribution in [3.05, 3.63) is 56.6 Å². The molecule has 3 rings (SSSR count). The Hall–Kier alpha value is -1.82. The molecule has 3 aromatic rings.